The minimum atomic E-state index is 0.789. The van der Waals surface area contributed by atoms with E-state index in [1.165, 1.54) is 51.4 Å². The lowest BCUT2D eigenvalue weighted by molar-refractivity contribution is 0.484. The highest BCUT2D eigenvalue weighted by Gasteiger charge is 2.02. The molecule has 0 radical (unpaired) electrons. The Morgan fingerprint density at radius 3 is 2.08 bits per heavy atom. The van der Waals surface area contributed by atoms with Gasteiger partial charge in [0, 0.05) is 0 Å². The lowest BCUT2D eigenvalue weighted by Crippen LogP contribution is -1.96. The van der Waals surface area contributed by atoms with Crippen molar-refractivity contribution in [1.29, 1.82) is 0 Å². The molecule has 0 saturated heterocycles. The molecule has 0 aliphatic rings. The maximum atomic E-state index is 3.91. The Kier molecular flexibility index (Phi) is 9.63. The molecule has 0 aromatic heterocycles. The molecule has 0 bridgehead atoms. The summed E-state index contributed by atoms with van der Waals surface area (Å²) in [7, 11) is 0. The molecule has 78 valence electrons. The maximum Gasteiger partial charge on any atom is -0.0236 e. The van der Waals surface area contributed by atoms with Crippen molar-refractivity contribution in [3.05, 3.63) is 12.7 Å². The summed E-state index contributed by atoms with van der Waals surface area (Å²) >= 11 is 0. The zero-order chi connectivity index (χ0) is 9.94. The van der Waals surface area contributed by atoms with Crippen LogP contribution in [0, 0.1) is 5.92 Å². The summed E-state index contributed by atoms with van der Waals surface area (Å²) in [5, 5.41) is 0. The molecule has 0 aliphatic carbocycles. The van der Waals surface area contributed by atoms with Crippen molar-refractivity contribution in [2.45, 2.75) is 65.2 Å². The minimum Gasteiger partial charge on any atom is -0.103 e. The average Bonchev–Trinajstić information content (AvgIpc) is 2.17. The van der Waals surface area contributed by atoms with Gasteiger partial charge in [-0.1, -0.05) is 58.4 Å². The van der Waals surface area contributed by atoms with Crippen molar-refractivity contribution in [2.75, 3.05) is 0 Å². The summed E-state index contributed by atoms with van der Waals surface area (Å²) in [5.41, 5.74) is 0. The molecule has 0 rings (SSSR count). The lowest BCUT2D eigenvalue weighted by atomic mass is 9.95. The van der Waals surface area contributed by atoms with Crippen LogP contribution >= 0.6 is 0 Å². The third-order valence-electron chi connectivity index (χ3n) is 2.69. The highest BCUT2D eigenvalue weighted by Crippen LogP contribution is 2.17. The van der Waals surface area contributed by atoms with E-state index in [9.17, 15) is 0 Å². The van der Waals surface area contributed by atoms with Gasteiger partial charge >= 0.3 is 0 Å². The van der Waals surface area contributed by atoms with Crippen molar-refractivity contribution >= 4 is 0 Å². The second kappa shape index (κ2) is 9.83. The maximum absolute atomic E-state index is 3.91. The number of rotatable bonds is 9. The molecule has 0 aromatic rings. The predicted octanol–water partition coefficient (Wildman–Crippen LogP) is 4.95. The van der Waals surface area contributed by atoms with Crippen molar-refractivity contribution in [1.82, 2.24) is 0 Å². The van der Waals surface area contributed by atoms with Gasteiger partial charge in [-0.05, 0) is 18.8 Å². The van der Waals surface area contributed by atoms with Crippen LogP contribution in [0.3, 0.4) is 0 Å². The minimum absolute atomic E-state index is 0.789. The van der Waals surface area contributed by atoms with E-state index in [2.05, 4.69) is 26.5 Å². The Morgan fingerprint density at radius 1 is 0.923 bits per heavy atom. The quantitative estimate of drug-likeness (QED) is 0.349. The summed E-state index contributed by atoms with van der Waals surface area (Å²) in [6, 6.07) is 0. The van der Waals surface area contributed by atoms with Crippen LogP contribution in [0.1, 0.15) is 65.2 Å². The molecule has 0 aromatic carbocycles. The fourth-order valence-corrected chi connectivity index (χ4v) is 1.68. The first-order valence-corrected chi connectivity index (χ1v) is 5.97. The Labute approximate surface area is 84.4 Å². The normalized spacial score (nSPS) is 12.8. The van der Waals surface area contributed by atoms with Gasteiger partial charge in [0.1, 0.15) is 0 Å². The van der Waals surface area contributed by atoms with E-state index in [1.807, 2.05) is 0 Å². The average molecular weight is 182 g/mol. The van der Waals surface area contributed by atoms with Crippen LogP contribution in [-0.2, 0) is 0 Å². The van der Waals surface area contributed by atoms with E-state index in [-0.39, 0.29) is 0 Å². The van der Waals surface area contributed by atoms with Gasteiger partial charge in [-0.3, -0.25) is 0 Å². The molecule has 0 fully saturated rings. The second-order valence-electron chi connectivity index (χ2n) is 3.99. The van der Waals surface area contributed by atoms with Gasteiger partial charge in [-0.15, -0.1) is 6.58 Å². The van der Waals surface area contributed by atoms with E-state index in [0.29, 0.717) is 0 Å². The summed E-state index contributed by atoms with van der Waals surface area (Å²) in [6.07, 6.45) is 13.1. The highest BCUT2D eigenvalue weighted by atomic mass is 14.1. The molecule has 0 aliphatic heterocycles. The zero-order valence-corrected chi connectivity index (χ0v) is 9.52. The fraction of sp³-hybridized carbons (Fsp3) is 0.846. The van der Waals surface area contributed by atoms with E-state index in [0.717, 1.165) is 5.92 Å². The topological polar surface area (TPSA) is 0 Å². The molecule has 0 N–H and O–H groups in total. The molecular weight excluding hydrogens is 156 g/mol. The van der Waals surface area contributed by atoms with E-state index in [4.69, 9.17) is 0 Å². The summed E-state index contributed by atoms with van der Waals surface area (Å²) in [5.74, 6) is 0.789. The monoisotopic (exact) mass is 182 g/mol. The lowest BCUT2D eigenvalue weighted by Gasteiger charge is -2.10. The number of allylic oxidation sites excluding steroid dienone is 1. The van der Waals surface area contributed by atoms with Crippen LogP contribution in [0.4, 0.5) is 0 Å². The molecule has 0 heterocycles. The van der Waals surface area contributed by atoms with Gasteiger partial charge < -0.3 is 0 Å². The van der Waals surface area contributed by atoms with Crippen LogP contribution < -0.4 is 0 Å². The molecule has 13 heavy (non-hydrogen) atoms. The second-order valence-corrected chi connectivity index (χ2v) is 3.99. The first-order chi connectivity index (χ1) is 6.35. The third-order valence-corrected chi connectivity index (χ3v) is 2.69. The Hall–Kier alpha value is -0.260. The van der Waals surface area contributed by atoms with Crippen LogP contribution in [0.5, 0.6) is 0 Å². The number of unbranched alkanes of at least 4 members (excludes halogenated alkanes) is 4. The summed E-state index contributed by atoms with van der Waals surface area (Å²) in [4.78, 5) is 0. The van der Waals surface area contributed by atoms with Crippen molar-refractivity contribution in [2.24, 2.45) is 5.92 Å². The molecule has 0 heteroatoms. The van der Waals surface area contributed by atoms with Gasteiger partial charge in [-0.25, -0.2) is 0 Å². The van der Waals surface area contributed by atoms with Gasteiger partial charge in [-0.2, -0.15) is 0 Å². The molecule has 0 saturated carbocycles. The molecule has 1 unspecified atom stereocenters. The van der Waals surface area contributed by atoms with Crippen molar-refractivity contribution in [3.8, 4) is 0 Å². The van der Waals surface area contributed by atoms with Crippen LogP contribution in [-0.4, -0.2) is 0 Å². The standard InChI is InChI=1S/C13H26/c1-4-7-9-10-12-13(6-3)11-8-5-2/h6,13H,3-5,7-12H2,1-2H3. The van der Waals surface area contributed by atoms with Crippen LogP contribution in [0.2, 0.25) is 0 Å². The summed E-state index contributed by atoms with van der Waals surface area (Å²) in [6.45, 7) is 8.44. The first-order valence-electron chi connectivity index (χ1n) is 5.97. The van der Waals surface area contributed by atoms with Crippen molar-refractivity contribution in [3.63, 3.8) is 0 Å². The largest absolute Gasteiger partial charge is 0.103 e. The van der Waals surface area contributed by atoms with E-state index in [1.54, 1.807) is 0 Å². The molecule has 0 spiro atoms. The van der Waals surface area contributed by atoms with Gasteiger partial charge in [0.15, 0.2) is 0 Å². The first kappa shape index (κ1) is 12.7. The SMILES string of the molecule is C=CC(CCCC)CCCCCC. The molecule has 0 amide bonds. The highest BCUT2D eigenvalue weighted by molar-refractivity contribution is 4.78. The van der Waals surface area contributed by atoms with Crippen molar-refractivity contribution < 1.29 is 0 Å². The molecule has 1 atom stereocenters. The van der Waals surface area contributed by atoms with Crippen LogP contribution in [0.25, 0.3) is 0 Å². The Morgan fingerprint density at radius 2 is 1.54 bits per heavy atom. The predicted molar refractivity (Wildman–Crippen MR) is 62.0 cm³/mol. The van der Waals surface area contributed by atoms with E-state index < -0.39 is 0 Å². The van der Waals surface area contributed by atoms with Gasteiger partial charge in [0.05, 0.1) is 0 Å². The van der Waals surface area contributed by atoms with Crippen LogP contribution in [0.15, 0.2) is 12.7 Å². The van der Waals surface area contributed by atoms with Gasteiger partial charge in [0.2, 0.25) is 0 Å². The molecule has 0 nitrogen and oxygen atoms in total. The van der Waals surface area contributed by atoms with Gasteiger partial charge in [0.25, 0.3) is 0 Å². The van der Waals surface area contributed by atoms with E-state index >= 15 is 0 Å². The smallest absolute Gasteiger partial charge is 0.0236 e. The Balaban J connectivity index is 3.31. The fourth-order valence-electron chi connectivity index (χ4n) is 1.68. The Bertz CT molecular complexity index is 105. The number of hydrogen-bond donors (Lipinski definition) is 0. The zero-order valence-electron chi connectivity index (χ0n) is 9.52. The third kappa shape index (κ3) is 8.08. The summed E-state index contributed by atoms with van der Waals surface area (Å²) < 4.78 is 0. The number of hydrogen-bond acceptors (Lipinski definition) is 0. The molecular formula is C13H26.